The minimum Gasteiger partial charge on any atom is -0.320 e. The molecule has 25 heavy (non-hydrogen) atoms. The van der Waals surface area contributed by atoms with Crippen LogP contribution in [0.1, 0.15) is 37.8 Å². The molecule has 0 saturated heterocycles. The fourth-order valence-electron chi connectivity index (χ4n) is 2.81. The molecule has 0 spiro atoms. The first kappa shape index (κ1) is 19.7. The Morgan fingerprint density at radius 1 is 1.40 bits per heavy atom. The maximum absolute atomic E-state index is 13.7. The number of amides is 1. The summed E-state index contributed by atoms with van der Waals surface area (Å²) < 4.78 is 41.7. The van der Waals surface area contributed by atoms with Gasteiger partial charge in [0.15, 0.2) is 6.04 Å². The number of nitrogens with zero attached hydrogens (tertiary/aromatic N) is 2. The Morgan fingerprint density at radius 2 is 1.96 bits per heavy atom. The van der Waals surface area contributed by atoms with Crippen molar-refractivity contribution in [1.29, 1.82) is 5.26 Å². The molecule has 2 N–H and O–H groups in total. The highest BCUT2D eigenvalue weighted by Gasteiger charge is 2.48. The molecule has 1 aromatic carbocycles. The summed E-state index contributed by atoms with van der Waals surface area (Å²) in [5.41, 5.74) is 5.69. The van der Waals surface area contributed by atoms with Crippen molar-refractivity contribution in [1.82, 2.24) is 4.90 Å². The quantitative estimate of drug-likeness (QED) is 0.712. The van der Waals surface area contributed by atoms with E-state index in [1.807, 2.05) is 6.92 Å². The van der Waals surface area contributed by atoms with Crippen LogP contribution in [0.15, 0.2) is 28.7 Å². The minimum absolute atomic E-state index is 0.0846. The molecular formula is C17H19BrF3N3O. The van der Waals surface area contributed by atoms with Crippen LogP contribution in [-0.4, -0.2) is 29.6 Å². The molecule has 1 unspecified atom stereocenters. The number of halogens is 4. The molecule has 0 heterocycles. The topological polar surface area (TPSA) is 70.1 Å². The Bertz CT molecular complexity index is 665. The molecule has 4 nitrogen and oxygen atoms in total. The standard InChI is InChI=1S/C17H19BrF3N3O/c1-16(6-7-16)10-13(23)15(25)24(9-8-22)14(17(19,20)21)11-2-4-12(18)5-3-11/h2-5,13-14H,6-7,9-10,23H2,1H3/t13-,14?/m0/s1. The zero-order chi connectivity index (χ0) is 18.8. The molecule has 0 aliphatic heterocycles. The summed E-state index contributed by atoms with van der Waals surface area (Å²) in [4.78, 5) is 13.1. The Kier molecular flexibility index (Phi) is 5.79. The van der Waals surface area contributed by atoms with Crippen molar-refractivity contribution in [2.24, 2.45) is 11.1 Å². The lowest BCUT2D eigenvalue weighted by molar-refractivity contribution is -0.191. The number of nitriles is 1. The van der Waals surface area contributed by atoms with Crippen LogP contribution in [0.4, 0.5) is 13.2 Å². The molecule has 1 aliphatic rings. The molecule has 1 fully saturated rings. The van der Waals surface area contributed by atoms with Crippen molar-refractivity contribution in [2.75, 3.05) is 6.54 Å². The molecule has 2 rings (SSSR count). The van der Waals surface area contributed by atoms with Crippen LogP contribution in [0.3, 0.4) is 0 Å². The van der Waals surface area contributed by atoms with Crippen LogP contribution in [0.5, 0.6) is 0 Å². The van der Waals surface area contributed by atoms with Gasteiger partial charge in [0.25, 0.3) is 0 Å². The molecule has 1 aromatic rings. The van der Waals surface area contributed by atoms with Gasteiger partial charge in [-0.05, 0) is 42.4 Å². The number of carbonyl (C=O) groups is 1. The van der Waals surface area contributed by atoms with Crippen LogP contribution in [0, 0.1) is 16.7 Å². The van der Waals surface area contributed by atoms with E-state index in [-0.39, 0.29) is 11.0 Å². The SMILES string of the molecule is CC1(C[C@H](N)C(=O)N(CC#N)C(c2ccc(Br)cc2)C(F)(F)F)CC1. The second-order valence-corrected chi connectivity index (χ2v) is 7.66. The fourth-order valence-corrected chi connectivity index (χ4v) is 3.08. The summed E-state index contributed by atoms with van der Waals surface area (Å²) >= 11 is 3.17. The number of carbonyl (C=O) groups excluding carboxylic acids is 1. The monoisotopic (exact) mass is 417 g/mol. The summed E-state index contributed by atoms with van der Waals surface area (Å²) in [6, 6.07) is 3.90. The van der Waals surface area contributed by atoms with E-state index in [4.69, 9.17) is 11.0 Å². The lowest BCUT2D eigenvalue weighted by atomic mass is 9.97. The van der Waals surface area contributed by atoms with Gasteiger partial charge in [0.2, 0.25) is 5.91 Å². The largest absolute Gasteiger partial charge is 0.413 e. The number of hydrogen-bond acceptors (Lipinski definition) is 3. The summed E-state index contributed by atoms with van der Waals surface area (Å²) in [7, 11) is 0. The van der Waals surface area contributed by atoms with Crippen molar-refractivity contribution in [3.8, 4) is 6.07 Å². The lowest BCUT2D eigenvalue weighted by Gasteiger charge is -2.34. The summed E-state index contributed by atoms with van der Waals surface area (Å²) in [5, 5.41) is 8.96. The van der Waals surface area contributed by atoms with Crippen LogP contribution < -0.4 is 5.73 Å². The van der Waals surface area contributed by atoms with Crippen LogP contribution in [-0.2, 0) is 4.79 Å². The third-order valence-electron chi connectivity index (χ3n) is 4.47. The van der Waals surface area contributed by atoms with Crippen molar-refractivity contribution in [3.63, 3.8) is 0 Å². The summed E-state index contributed by atoms with van der Waals surface area (Å²) in [6.45, 7) is 1.27. The molecular weight excluding hydrogens is 399 g/mol. The van der Waals surface area contributed by atoms with Gasteiger partial charge in [0.1, 0.15) is 6.54 Å². The van der Waals surface area contributed by atoms with Crippen molar-refractivity contribution < 1.29 is 18.0 Å². The van der Waals surface area contributed by atoms with E-state index in [9.17, 15) is 18.0 Å². The number of rotatable bonds is 6. The van der Waals surface area contributed by atoms with Gasteiger partial charge in [0.05, 0.1) is 12.1 Å². The van der Waals surface area contributed by atoms with E-state index < -0.39 is 30.7 Å². The van der Waals surface area contributed by atoms with Gasteiger partial charge in [0, 0.05) is 4.47 Å². The van der Waals surface area contributed by atoms with Gasteiger partial charge in [-0.25, -0.2) is 0 Å². The Hall–Kier alpha value is -1.59. The Labute approximate surface area is 152 Å². The zero-order valence-electron chi connectivity index (χ0n) is 13.7. The minimum atomic E-state index is -4.72. The number of alkyl halides is 3. The fraction of sp³-hybridized carbons (Fsp3) is 0.529. The second-order valence-electron chi connectivity index (χ2n) is 6.74. The van der Waals surface area contributed by atoms with Crippen molar-refractivity contribution in [3.05, 3.63) is 34.3 Å². The van der Waals surface area contributed by atoms with E-state index >= 15 is 0 Å². The van der Waals surface area contributed by atoms with E-state index in [0.717, 1.165) is 12.8 Å². The first-order valence-corrected chi connectivity index (χ1v) is 8.62. The zero-order valence-corrected chi connectivity index (χ0v) is 15.3. The first-order chi connectivity index (χ1) is 11.6. The smallest absolute Gasteiger partial charge is 0.320 e. The molecule has 136 valence electrons. The number of nitrogens with two attached hydrogens (primary N) is 1. The van der Waals surface area contributed by atoms with Gasteiger partial charge in [-0.3, -0.25) is 4.79 Å². The van der Waals surface area contributed by atoms with Gasteiger partial charge >= 0.3 is 6.18 Å². The average Bonchev–Trinajstić information content (AvgIpc) is 3.23. The van der Waals surface area contributed by atoms with E-state index in [2.05, 4.69) is 15.9 Å². The maximum Gasteiger partial charge on any atom is 0.413 e. The van der Waals surface area contributed by atoms with Crippen molar-refractivity contribution >= 4 is 21.8 Å². The number of hydrogen-bond donors (Lipinski definition) is 1. The highest BCUT2D eigenvalue weighted by molar-refractivity contribution is 9.10. The van der Waals surface area contributed by atoms with Crippen LogP contribution >= 0.6 is 15.9 Å². The predicted octanol–water partition coefficient (Wildman–Crippen LogP) is 3.92. The van der Waals surface area contributed by atoms with E-state index in [1.54, 1.807) is 6.07 Å². The van der Waals surface area contributed by atoms with Gasteiger partial charge < -0.3 is 10.6 Å². The molecule has 2 atom stereocenters. The maximum atomic E-state index is 13.7. The highest BCUT2D eigenvalue weighted by Crippen LogP contribution is 2.49. The summed E-state index contributed by atoms with van der Waals surface area (Å²) in [5.74, 6) is -0.847. The van der Waals surface area contributed by atoms with E-state index in [0.29, 0.717) is 15.8 Å². The molecule has 1 saturated carbocycles. The molecule has 0 bridgehead atoms. The normalized spacial score (nSPS) is 18.1. The molecule has 1 amide bonds. The van der Waals surface area contributed by atoms with E-state index in [1.165, 1.54) is 24.3 Å². The van der Waals surface area contributed by atoms with Gasteiger partial charge in [-0.2, -0.15) is 18.4 Å². The first-order valence-electron chi connectivity index (χ1n) is 7.82. The molecule has 8 heteroatoms. The van der Waals surface area contributed by atoms with Gasteiger partial charge in [-0.1, -0.05) is 35.0 Å². The Morgan fingerprint density at radius 3 is 2.40 bits per heavy atom. The third kappa shape index (κ3) is 4.95. The average molecular weight is 418 g/mol. The highest BCUT2D eigenvalue weighted by atomic mass is 79.9. The molecule has 0 radical (unpaired) electrons. The molecule has 0 aromatic heterocycles. The number of benzene rings is 1. The lowest BCUT2D eigenvalue weighted by Crippen LogP contribution is -2.50. The Balaban J connectivity index is 2.33. The van der Waals surface area contributed by atoms with Crippen molar-refractivity contribution in [2.45, 2.75) is 44.4 Å². The summed E-state index contributed by atoms with van der Waals surface area (Å²) in [6.07, 6.45) is -2.59. The van der Waals surface area contributed by atoms with Gasteiger partial charge in [-0.15, -0.1) is 0 Å². The van der Waals surface area contributed by atoms with Crippen LogP contribution in [0.2, 0.25) is 0 Å². The second kappa shape index (κ2) is 7.34. The predicted molar refractivity (Wildman–Crippen MR) is 90.2 cm³/mol. The third-order valence-corrected chi connectivity index (χ3v) is 4.99. The van der Waals surface area contributed by atoms with Crippen LogP contribution in [0.25, 0.3) is 0 Å². The molecule has 1 aliphatic carbocycles.